The lowest BCUT2D eigenvalue weighted by Crippen LogP contribution is -2.33. The van der Waals surface area contributed by atoms with Gasteiger partial charge in [0.2, 0.25) is 5.91 Å². The Hall–Kier alpha value is -2.09. The van der Waals surface area contributed by atoms with Gasteiger partial charge in [-0.1, -0.05) is 59.5 Å². The van der Waals surface area contributed by atoms with Gasteiger partial charge in [0.15, 0.2) is 11.5 Å². The van der Waals surface area contributed by atoms with Crippen molar-refractivity contribution in [1.82, 2.24) is 4.90 Å². The lowest BCUT2D eigenvalue weighted by molar-refractivity contribution is -0.111. The van der Waals surface area contributed by atoms with Crippen molar-refractivity contribution in [3.63, 3.8) is 0 Å². The largest absolute Gasteiger partial charge is 0.504 e. The van der Waals surface area contributed by atoms with Gasteiger partial charge >= 0.3 is 0 Å². The molecular formula is C26H30Br2N2O3. The number of nitrogens with zero attached hydrogens (tertiary/aromatic N) is 1. The molecule has 2 aromatic rings. The number of halogens is 2. The highest BCUT2D eigenvalue weighted by molar-refractivity contribution is 9.11. The molecule has 0 spiro atoms. The van der Waals surface area contributed by atoms with Gasteiger partial charge in [-0.15, -0.1) is 0 Å². The average molecular weight is 578 g/mol. The lowest BCUT2D eigenvalue weighted by atomic mass is 9.94. The van der Waals surface area contributed by atoms with Crippen LogP contribution in [0.1, 0.15) is 43.2 Å². The van der Waals surface area contributed by atoms with E-state index in [1.807, 2.05) is 12.1 Å². The maximum absolute atomic E-state index is 12.6. The first-order valence-corrected chi connectivity index (χ1v) is 12.7. The minimum Gasteiger partial charge on any atom is -0.504 e. The number of rotatable bonds is 8. The molecule has 0 heterocycles. The molecule has 3 rings (SSSR count). The second-order valence-corrected chi connectivity index (χ2v) is 10.0. The van der Waals surface area contributed by atoms with Crippen LogP contribution >= 0.6 is 31.9 Å². The van der Waals surface area contributed by atoms with Gasteiger partial charge in [0, 0.05) is 27.6 Å². The third-order valence-electron chi connectivity index (χ3n) is 5.85. The summed E-state index contributed by atoms with van der Waals surface area (Å²) in [7, 11) is 3.67. The summed E-state index contributed by atoms with van der Waals surface area (Å²) in [5, 5.41) is 12.7. The van der Waals surface area contributed by atoms with E-state index in [0.29, 0.717) is 11.8 Å². The second kappa shape index (κ2) is 12.4. The zero-order chi connectivity index (χ0) is 23.8. The normalized spacial score (nSPS) is 14.9. The van der Waals surface area contributed by atoms with Crippen LogP contribution in [0.2, 0.25) is 0 Å². The molecule has 0 radical (unpaired) electrons. The van der Waals surface area contributed by atoms with Crippen molar-refractivity contribution in [2.45, 2.75) is 44.7 Å². The highest BCUT2D eigenvalue weighted by Gasteiger charge is 2.20. The van der Waals surface area contributed by atoms with E-state index >= 15 is 0 Å². The molecule has 0 unspecified atom stereocenters. The van der Waals surface area contributed by atoms with Crippen molar-refractivity contribution in [3.8, 4) is 11.5 Å². The van der Waals surface area contributed by atoms with Gasteiger partial charge < -0.3 is 15.2 Å². The molecule has 7 heteroatoms. The molecule has 1 fully saturated rings. The maximum atomic E-state index is 12.6. The van der Waals surface area contributed by atoms with E-state index in [1.54, 1.807) is 30.4 Å². The summed E-state index contributed by atoms with van der Waals surface area (Å²) in [5.41, 5.74) is 2.72. The zero-order valence-electron chi connectivity index (χ0n) is 19.0. The van der Waals surface area contributed by atoms with Gasteiger partial charge in [-0.2, -0.15) is 0 Å². The van der Waals surface area contributed by atoms with Crippen LogP contribution in [-0.2, 0) is 11.3 Å². The van der Waals surface area contributed by atoms with E-state index in [-0.39, 0.29) is 11.7 Å². The van der Waals surface area contributed by atoms with Crippen LogP contribution in [0, 0.1) is 0 Å². The molecule has 1 amide bonds. The fraction of sp³-hybridized carbons (Fsp3) is 0.346. The molecule has 0 aliphatic heterocycles. The standard InChI is InChI=1S/C26H30Br2N2O3/c1-30(21-9-4-3-5-10-21)17-19-15-20(27)16-22(28)26(19)29-25(32)11-7-6-8-18-12-13-23(31)24(14-18)33-2/h6-8,11-16,21,31H,3-5,9-10,17H2,1-2H3,(H,29,32)/b8-6+,11-7+. The third kappa shape index (κ3) is 7.45. The van der Waals surface area contributed by atoms with Gasteiger partial charge in [0.25, 0.3) is 0 Å². The van der Waals surface area contributed by atoms with Crippen molar-refractivity contribution in [2.24, 2.45) is 0 Å². The molecule has 5 nitrogen and oxygen atoms in total. The minimum absolute atomic E-state index is 0.0922. The van der Waals surface area contributed by atoms with Crippen LogP contribution in [0.25, 0.3) is 6.08 Å². The van der Waals surface area contributed by atoms with Crippen LogP contribution in [0.4, 0.5) is 5.69 Å². The quantitative estimate of drug-likeness (QED) is 0.265. The van der Waals surface area contributed by atoms with Gasteiger partial charge in [0.05, 0.1) is 12.8 Å². The van der Waals surface area contributed by atoms with Crippen LogP contribution < -0.4 is 10.1 Å². The Kier molecular flexibility index (Phi) is 9.59. The summed E-state index contributed by atoms with van der Waals surface area (Å²) in [4.78, 5) is 15.0. The summed E-state index contributed by atoms with van der Waals surface area (Å²) in [5.74, 6) is 0.298. The van der Waals surface area contributed by atoms with Crippen LogP contribution in [0.5, 0.6) is 11.5 Å². The number of hydrogen-bond donors (Lipinski definition) is 2. The fourth-order valence-electron chi connectivity index (χ4n) is 4.08. The molecule has 0 bridgehead atoms. The van der Waals surface area contributed by atoms with E-state index in [9.17, 15) is 9.90 Å². The number of phenols is 1. The number of aromatic hydroxyl groups is 1. The Balaban J connectivity index is 1.67. The Morgan fingerprint density at radius 2 is 1.94 bits per heavy atom. The van der Waals surface area contributed by atoms with Gasteiger partial charge in [-0.3, -0.25) is 9.69 Å². The Morgan fingerprint density at radius 3 is 2.67 bits per heavy atom. The maximum Gasteiger partial charge on any atom is 0.248 e. The highest BCUT2D eigenvalue weighted by atomic mass is 79.9. The van der Waals surface area contributed by atoms with Crippen molar-refractivity contribution >= 4 is 49.5 Å². The number of carbonyl (C=O) groups excluding carboxylic acids is 1. The van der Waals surface area contributed by atoms with E-state index in [2.05, 4.69) is 55.2 Å². The zero-order valence-corrected chi connectivity index (χ0v) is 22.2. The number of methoxy groups -OCH3 is 1. The Labute approximate surface area is 212 Å². The number of ether oxygens (including phenoxy) is 1. The molecule has 176 valence electrons. The number of nitrogens with one attached hydrogen (secondary N) is 1. The van der Waals surface area contributed by atoms with Gasteiger partial charge in [0.1, 0.15) is 0 Å². The average Bonchev–Trinajstić information content (AvgIpc) is 2.80. The van der Waals surface area contributed by atoms with Crippen LogP contribution in [-0.4, -0.2) is 36.1 Å². The number of benzene rings is 2. The van der Waals surface area contributed by atoms with Crippen LogP contribution in [0.15, 0.2) is 57.5 Å². The number of allylic oxidation sites excluding steroid dienone is 2. The Morgan fingerprint density at radius 1 is 1.18 bits per heavy atom. The lowest BCUT2D eigenvalue weighted by Gasteiger charge is -2.31. The van der Waals surface area contributed by atoms with Gasteiger partial charge in [-0.05, 0) is 71.2 Å². The summed E-state index contributed by atoms with van der Waals surface area (Å²) >= 11 is 7.19. The number of amides is 1. The molecule has 1 aliphatic carbocycles. The van der Waals surface area contributed by atoms with Crippen molar-refractivity contribution in [3.05, 3.63) is 68.6 Å². The number of hydrogen-bond acceptors (Lipinski definition) is 4. The van der Waals surface area contributed by atoms with Crippen LogP contribution in [0.3, 0.4) is 0 Å². The monoisotopic (exact) mass is 576 g/mol. The molecule has 0 saturated heterocycles. The molecule has 0 atom stereocenters. The molecule has 0 aromatic heterocycles. The topological polar surface area (TPSA) is 61.8 Å². The molecular weight excluding hydrogens is 548 g/mol. The van der Waals surface area contributed by atoms with E-state index in [4.69, 9.17) is 4.74 Å². The fourth-order valence-corrected chi connectivity index (χ4v) is 5.50. The summed E-state index contributed by atoms with van der Waals surface area (Å²) in [6.07, 6.45) is 13.2. The predicted molar refractivity (Wildman–Crippen MR) is 142 cm³/mol. The number of carbonyl (C=O) groups is 1. The molecule has 2 aromatic carbocycles. The predicted octanol–water partition coefficient (Wildman–Crippen LogP) is 6.90. The first-order valence-electron chi connectivity index (χ1n) is 11.1. The molecule has 1 aliphatic rings. The van der Waals surface area contributed by atoms with Crippen molar-refractivity contribution in [2.75, 3.05) is 19.5 Å². The number of anilines is 1. The SMILES string of the molecule is COc1cc(/C=C/C=C/C(=O)Nc2c(Br)cc(Br)cc2CN(C)C2CCCCC2)ccc1O. The summed E-state index contributed by atoms with van der Waals surface area (Å²) in [6, 6.07) is 9.68. The molecule has 2 N–H and O–H groups in total. The second-order valence-electron chi connectivity index (χ2n) is 8.27. The van der Waals surface area contributed by atoms with E-state index in [1.165, 1.54) is 45.3 Å². The van der Waals surface area contributed by atoms with Gasteiger partial charge in [-0.25, -0.2) is 0 Å². The van der Waals surface area contributed by atoms with Crippen molar-refractivity contribution < 1.29 is 14.6 Å². The smallest absolute Gasteiger partial charge is 0.248 e. The third-order valence-corrected chi connectivity index (χ3v) is 6.94. The summed E-state index contributed by atoms with van der Waals surface area (Å²) in [6.45, 7) is 0.768. The van der Waals surface area contributed by atoms with Crippen molar-refractivity contribution in [1.29, 1.82) is 0 Å². The summed E-state index contributed by atoms with van der Waals surface area (Å²) < 4.78 is 6.94. The minimum atomic E-state index is -0.201. The molecule has 1 saturated carbocycles. The highest BCUT2D eigenvalue weighted by Crippen LogP contribution is 2.33. The first-order chi connectivity index (χ1) is 15.9. The molecule has 33 heavy (non-hydrogen) atoms. The Bertz CT molecular complexity index is 1030. The van der Waals surface area contributed by atoms with E-state index in [0.717, 1.165) is 32.3 Å². The van der Waals surface area contributed by atoms with E-state index < -0.39 is 0 Å². The first kappa shape index (κ1) is 25.5. The number of phenolic OH excluding ortho intramolecular Hbond substituents is 1.